The first-order valence-corrected chi connectivity index (χ1v) is 8.68. The van der Waals surface area contributed by atoms with Crippen LogP contribution in [-0.4, -0.2) is 8.42 Å². The number of hydrogen-bond donors (Lipinski definition) is 0. The average Bonchev–Trinajstić information content (AvgIpc) is 2.76. The Morgan fingerprint density at radius 3 is 2.45 bits per heavy atom. The van der Waals surface area contributed by atoms with Crippen LogP contribution in [0.1, 0.15) is 16.9 Å². The zero-order valence-electron chi connectivity index (χ0n) is 12.5. The highest BCUT2D eigenvalue weighted by Gasteiger charge is 2.27. The minimum Gasteiger partial charge on any atom is -0.460 e. The van der Waals surface area contributed by atoms with E-state index >= 15 is 0 Å². The molecule has 5 heteroatoms. The molecule has 0 aliphatic carbocycles. The van der Waals surface area contributed by atoms with Gasteiger partial charge < -0.3 is 4.42 Å². The van der Waals surface area contributed by atoms with Gasteiger partial charge in [0.1, 0.15) is 16.2 Å². The van der Waals surface area contributed by atoms with E-state index in [9.17, 15) is 8.42 Å². The minimum atomic E-state index is -3.69. The second-order valence-electron chi connectivity index (χ2n) is 5.41. The lowest BCUT2D eigenvalue weighted by molar-refractivity contribution is 0.556. The molecule has 0 amide bonds. The summed E-state index contributed by atoms with van der Waals surface area (Å²) >= 11 is 5.93. The van der Waals surface area contributed by atoms with Gasteiger partial charge in [-0.05, 0) is 56.2 Å². The van der Waals surface area contributed by atoms with E-state index in [1.165, 1.54) is 6.07 Å². The van der Waals surface area contributed by atoms with Crippen molar-refractivity contribution < 1.29 is 12.8 Å². The molecule has 0 fully saturated rings. The number of fused-ring (bicyclic) bond motifs is 1. The Balaban J connectivity index is 2.37. The monoisotopic (exact) mass is 334 g/mol. The highest BCUT2D eigenvalue weighted by Crippen LogP contribution is 2.36. The van der Waals surface area contributed by atoms with Gasteiger partial charge in [-0.1, -0.05) is 23.7 Å². The molecule has 3 nitrogen and oxygen atoms in total. The molecule has 0 saturated heterocycles. The van der Waals surface area contributed by atoms with E-state index in [0.29, 0.717) is 21.8 Å². The summed E-state index contributed by atoms with van der Waals surface area (Å²) in [4.78, 5) is 0.390. The number of furan rings is 1. The van der Waals surface area contributed by atoms with Crippen LogP contribution >= 0.6 is 11.6 Å². The summed E-state index contributed by atoms with van der Waals surface area (Å²) in [6.45, 7) is 5.52. The SMILES string of the molecule is Cc1cc(C)c2oc(C)c(S(=O)(=O)c3cccc(Cl)c3)c2c1. The van der Waals surface area contributed by atoms with Crippen molar-refractivity contribution in [3.63, 3.8) is 0 Å². The summed E-state index contributed by atoms with van der Waals surface area (Å²) in [5.41, 5.74) is 2.53. The van der Waals surface area contributed by atoms with Crippen LogP contribution in [0.5, 0.6) is 0 Å². The maximum absolute atomic E-state index is 13.0. The van der Waals surface area contributed by atoms with Crippen LogP contribution in [0.2, 0.25) is 5.02 Å². The lowest BCUT2D eigenvalue weighted by Gasteiger charge is -2.05. The molecule has 3 aromatic rings. The maximum Gasteiger partial charge on any atom is 0.210 e. The van der Waals surface area contributed by atoms with Gasteiger partial charge in [0.15, 0.2) is 0 Å². The van der Waals surface area contributed by atoms with Crippen LogP contribution in [0.25, 0.3) is 11.0 Å². The van der Waals surface area contributed by atoms with Crippen molar-refractivity contribution in [2.45, 2.75) is 30.6 Å². The summed E-state index contributed by atoms with van der Waals surface area (Å²) in [6.07, 6.45) is 0. The van der Waals surface area contributed by atoms with Crippen LogP contribution in [0.15, 0.2) is 50.6 Å². The molecule has 0 aliphatic heterocycles. The van der Waals surface area contributed by atoms with Gasteiger partial charge in [0.2, 0.25) is 9.84 Å². The van der Waals surface area contributed by atoms with Crippen molar-refractivity contribution in [1.82, 2.24) is 0 Å². The average molecular weight is 335 g/mol. The van der Waals surface area contributed by atoms with Gasteiger partial charge in [0.25, 0.3) is 0 Å². The Hall–Kier alpha value is -1.78. The van der Waals surface area contributed by atoms with Gasteiger partial charge >= 0.3 is 0 Å². The third-order valence-corrected chi connectivity index (χ3v) is 5.77. The lowest BCUT2D eigenvalue weighted by atomic mass is 10.1. The molecule has 1 aromatic heterocycles. The smallest absolute Gasteiger partial charge is 0.210 e. The molecule has 114 valence electrons. The molecule has 0 aliphatic rings. The van der Waals surface area contributed by atoms with E-state index in [1.807, 2.05) is 26.0 Å². The van der Waals surface area contributed by atoms with Crippen molar-refractivity contribution in [1.29, 1.82) is 0 Å². The van der Waals surface area contributed by atoms with Gasteiger partial charge in [-0.25, -0.2) is 8.42 Å². The number of aryl methyl sites for hydroxylation is 3. The molecule has 1 heterocycles. The summed E-state index contributed by atoms with van der Waals surface area (Å²) < 4.78 is 31.7. The van der Waals surface area contributed by atoms with Crippen LogP contribution in [-0.2, 0) is 9.84 Å². The fourth-order valence-electron chi connectivity index (χ4n) is 2.73. The molecule has 0 bridgehead atoms. The van der Waals surface area contributed by atoms with Gasteiger partial charge in [0.05, 0.1) is 4.90 Å². The van der Waals surface area contributed by atoms with Crippen LogP contribution in [0, 0.1) is 20.8 Å². The number of hydrogen-bond acceptors (Lipinski definition) is 3. The zero-order valence-corrected chi connectivity index (χ0v) is 14.0. The molecule has 22 heavy (non-hydrogen) atoms. The standard InChI is InChI=1S/C17H15ClO3S/c1-10-7-11(2)16-15(8-10)17(12(3)21-16)22(19,20)14-6-4-5-13(18)9-14/h4-9H,1-3H3. The second kappa shape index (κ2) is 5.14. The van der Waals surface area contributed by atoms with Gasteiger partial charge in [-0.2, -0.15) is 0 Å². The topological polar surface area (TPSA) is 47.3 Å². The summed E-state index contributed by atoms with van der Waals surface area (Å²) in [5.74, 6) is 0.392. The zero-order chi connectivity index (χ0) is 16.1. The normalized spacial score (nSPS) is 12.0. The Bertz CT molecular complexity index is 985. The molecule has 0 spiro atoms. The van der Waals surface area contributed by atoms with Crippen molar-refractivity contribution in [2.75, 3.05) is 0 Å². The number of benzene rings is 2. The first kappa shape index (κ1) is 15.1. The van der Waals surface area contributed by atoms with Gasteiger partial charge in [-0.15, -0.1) is 0 Å². The molecule has 0 N–H and O–H groups in total. The van der Waals surface area contributed by atoms with Crippen molar-refractivity contribution in [2.24, 2.45) is 0 Å². The van der Waals surface area contributed by atoms with E-state index in [4.69, 9.17) is 16.0 Å². The third-order valence-electron chi connectivity index (χ3n) is 3.61. The van der Waals surface area contributed by atoms with E-state index in [0.717, 1.165) is 11.1 Å². The fraction of sp³-hybridized carbons (Fsp3) is 0.176. The predicted molar refractivity (Wildman–Crippen MR) is 87.3 cm³/mol. The van der Waals surface area contributed by atoms with Crippen molar-refractivity contribution in [3.05, 3.63) is 58.3 Å². The van der Waals surface area contributed by atoms with Crippen LogP contribution in [0.3, 0.4) is 0 Å². The number of rotatable bonds is 2. The van der Waals surface area contributed by atoms with E-state index in [1.54, 1.807) is 25.1 Å². The molecule has 0 atom stereocenters. The Kier molecular flexibility index (Phi) is 3.54. The highest BCUT2D eigenvalue weighted by molar-refractivity contribution is 7.91. The number of halogens is 1. The number of sulfone groups is 1. The molecule has 0 unspecified atom stereocenters. The van der Waals surface area contributed by atoms with Gasteiger partial charge in [-0.3, -0.25) is 0 Å². The Labute approximate surface area is 134 Å². The van der Waals surface area contributed by atoms with E-state index in [-0.39, 0.29) is 9.79 Å². The van der Waals surface area contributed by atoms with E-state index < -0.39 is 9.84 Å². The minimum absolute atomic E-state index is 0.171. The largest absolute Gasteiger partial charge is 0.460 e. The Morgan fingerprint density at radius 2 is 1.77 bits per heavy atom. The lowest BCUT2D eigenvalue weighted by Crippen LogP contribution is -2.03. The maximum atomic E-state index is 13.0. The van der Waals surface area contributed by atoms with Crippen molar-refractivity contribution >= 4 is 32.4 Å². The summed E-state index contributed by atoms with van der Waals surface area (Å²) in [6, 6.07) is 10.1. The third kappa shape index (κ3) is 2.32. The fourth-order valence-corrected chi connectivity index (χ4v) is 4.63. The van der Waals surface area contributed by atoms with Crippen LogP contribution in [0.4, 0.5) is 0 Å². The molecular formula is C17H15ClO3S. The molecular weight excluding hydrogens is 320 g/mol. The second-order valence-corrected chi connectivity index (χ2v) is 7.73. The van der Waals surface area contributed by atoms with Gasteiger partial charge in [0, 0.05) is 10.4 Å². The first-order chi connectivity index (χ1) is 10.3. The van der Waals surface area contributed by atoms with E-state index in [2.05, 4.69) is 0 Å². The quantitative estimate of drug-likeness (QED) is 0.673. The summed E-state index contributed by atoms with van der Waals surface area (Å²) in [7, 11) is -3.69. The molecule has 2 aromatic carbocycles. The van der Waals surface area contributed by atoms with Crippen molar-refractivity contribution in [3.8, 4) is 0 Å². The first-order valence-electron chi connectivity index (χ1n) is 6.81. The Morgan fingerprint density at radius 1 is 1.05 bits per heavy atom. The molecule has 0 saturated carbocycles. The summed E-state index contributed by atoms with van der Waals surface area (Å²) in [5, 5.41) is 1.01. The van der Waals surface area contributed by atoms with Crippen LogP contribution < -0.4 is 0 Å². The molecule has 0 radical (unpaired) electrons. The highest BCUT2D eigenvalue weighted by atomic mass is 35.5. The molecule has 3 rings (SSSR count). The predicted octanol–water partition coefficient (Wildman–Crippen LogP) is 4.84.